The SMILES string of the molecule is CCCOCC(N)(C(=O)O)c1ccccc1. The van der Waals surface area contributed by atoms with E-state index >= 15 is 0 Å². The number of carboxylic acid groups (broad SMARTS) is 1. The van der Waals surface area contributed by atoms with Crippen molar-refractivity contribution in [1.29, 1.82) is 0 Å². The Kier molecular flexibility index (Phi) is 4.46. The van der Waals surface area contributed by atoms with Gasteiger partial charge < -0.3 is 15.6 Å². The van der Waals surface area contributed by atoms with Crippen LogP contribution in [0.25, 0.3) is 0 Å². The first-order valence-electron chi connectivity index (χ1n) is 5.27. The summed E-state index contributed by atoms with van der Waals surface area (Å²) in [7, 11) is 0. The van der Waals surface area contributed by atoms with E-state index in [2.05, 4.69) is 0 Å². The summed E-state index contributed by atoms with van der Waals surface area (Å²) in [6.07, 6.45) is 0.838. The molecule has 4 nitrogen and oxygen atoms in total. The summed E-state index contributed by atoms with van der Waals surface area (Å²) in [6.45, 7) is 2.46. The first-order chi connectivity index (χ1) is 7.61. The van der Waals surface area contributed by atoms with Crippen LogP contribution in [0.5, 0.6) is 0 Å². The van der Waals surface area contributed by atoms with Crippen molar-refractivity contribution in [2.24, 2.45) is 5.73 Å². The van der Waals surface area contributed by atoms with E-state index in [-0.39, 0.29) is 6.61 Å². The average molecular weight is 223 g/mol. The molecule has 0 spiro atoms. The zero-order valence-electron chi connectivity index (χ0n) is 9.35. The third kappa shape index (κ3) is 2.81. The maximum Gasteiger partial charge on any atom is 0.330 e. The highest BCUT2D eigenvalue weighted by Crippen LogP contribution is 2.19. The number of ether oxygens (including phenoxy) is 1. The second-order valence-corrected chi connectivity index (χ2v) is 3.70. The lowest BCUT2D eigenvalue weighted by atomic mass is 9.92. The lowest BCUT2D eigenvalue weighted by Gasteiger charge is -2.24. The molecule has 0 bridgehead atoms. The van der Waals surface area contributed by atoms with Crippen LogP contribution in [0.1, 0.15) is 18.9 Å². The van der Waals surface area contributed by atoms with Gasteiger partial charge in [0.1, 0.15) is 0 Å². The van der Waals surface area contributed by atoms with E-state index in [9.17, 15) is 9.90 Å². The molecule has 16 heavy (non-hydrogen) atoms. The van der Waals surface area contributed by atoms with E-state index in [0.717, 1.165) is 6.42 Å². The van der Waals surface area contributed by atoms with Gasteiger partial charge in [-0.2, -0.15) is 0 Å². The van der Waals surface area contributed by atoms with E-state index < -0.39 is 11.5 Å². The summed E-state index contributed by atoms with van der Waals surface area (Å²) in [5.41, 5.74) is 4.97. The van der Waals surface area contributed by atoms with Crippen molar-refractivity contribution in [2.45, 2.75) is 18.9 Å². The van der Waals surface area contributed by atoms with Crippen LogP contribution in [0, 0.1) is 0 Å². The van der Waals surface area contributed by atoms with Crippen LogP contribution in [0.15, 0.2) is 30.3 Å². The number of aliphatic carboxylic acids is 1. The van der Waals surface area contributed by atoms with Crippen molar-refractivity contribution in [3.63, 3.8) is 0 Å². The summed E-state index contributed by atoms with van der Waals surface area (Å²) in [5, 5.41) is 9.18. The Morgan fingerprint density at radius 3 is 2.56 bits per heavy atom. The van der Waals surface area contributed by atoms with Gasteiger partial charge in [0.2, 0.25) is 0 Å². The number of rotatable bonds is 6. The van der Waals surface area contributed by atoms with Crippen molar-refractivity contribution in [3.05, 3.63) is 35.9 Å². The predicted molar refractivity (Wildman–Crippen MR) is 61.1 cm³/mol. The van der Waals surface area contributed by atoms with Crippen LogP contribution in [-0.4, -0.2) is 24.3 Å². The lowest BCUT2D eigenvalue weighted by Crippen LogP contribution is -2.49. The lowest BCUT2D eigenvalue weighted by molar-refractivity contribution is -0.146. The third-order valence-electron chi connectivity index (χ3n) is 2.35. The molecule has 1 unspecified atom stereocenters. The Bertz CT molecular complexity index is 339. The Labute approximate surface area is 95.0 Å². The molecule has 1 atom stereocenters. The van der Waals surface area contributed by atoms with Gasteiger partial charge in [0, 0.05) is 6.61 Å². The minimum absolute atomic E-state index is 0.0137. The molecular weight excluding hydrogens is 206 g/mol. The van der Waals surface area contributed by atoms with Crippen LogP contribution in [-0.2, 0) is 15.1 Å². The van der Waals surface area contributed by atoms with Gasteiger partial charge in [0.05, 0.1) is 6.61 Å². The van der Waals surface area contributed by atoms with Crippen molar-refractivity contribution in [2.75, 3.05) is 13.2 Å². The third-order valence-corrected chi connectivity index (χ3v) is 2.35. The molecule has 0 heterocycles. The van der Waals surface area contributed by atoms with E-state index in [1.54, 1.807) is 24.3 Å². The van der Waals surface area contributed by atoms with Gasteiger partial charge in [-0.3, -0.25) is 0 Å². The molecule has 0 saturated carbocycles. The Hall–Kier alpha value is -1.39. The molecule has 0 amide bonds. The summed E-state index contributed by atoms with van der Waals surface area (Å²) < 4.78 is 5.26. The molecule has 0 aliphatic carbocycles. The highest BCUT2D eigenvalue weighted by molar-refractivity contribution is 5.80. The molecule has 1 aromatic carbocycles. The maximum absolute atomic E-state index is 11.2. The minimum atomic E-state index is -1.46. The van der Waals surface area contributed by atoms with Crippen LogP contribution < -0.4 is 5.73 Å². The molecular formula is C12H17NO3. The number of hydrogen-bond donors (Lipinski definition) is 2. The molecule has 0 saturated heterocycles. The first kappa shape index (κ1) is 12.7. The molecule has 0 radical (unpaired) electrons. The fraction of sp³-hybridized carbons (Fsp3) is 0.417. The topological polar surface area (TPSA) is 72.5 Å². The molecule has 0 fully saturated rings. The van der Waals surface area contributed by atoms with Gasteiger partial charge in [0.25, 0.3) is 0 Å². The highest BCUT2D eigenvalue weighted by Gasteiger charge is 2.36. The van der Waals surface area contributed by atoms with Crippen molar-refractivity contribution < 1.29 is 14.6 Å². The van der Waals surface area contributed by atoms with Crippen molar-refractivity contribution in [1.82, 2.24) is 0 Å². The molecule has 3 N–H and O–H groups in total. The Balaban J connectivity index is 2.85. The molecule has 0 aromatic heterocycles. The number of carboxylic acids is 1. The van der Waals surface area contributed by atoms with Gasteiger partial charge in [-0.1, -0.05) is 37.3 Å². The minimum Gasteiger partial charge on any atom is -0.480 e. The van der Waals surface area contributed by atoms with Gasteiger partial charge >= 0.3 is 5.97 Å². The van der Waals surface area contributed by atoms with Crippen LogP contribution in [0.4, 0.5) is 0 Å². The molecule has 4 heteroatoms. The average Bonchev–Trinajstić information content (AvgIpc) is 2.30. The van der Waals surface area contributed by atoms with Crippen molar-refractivity contribution >= 4 is 5.97 Å². The zero-order chi connectivity index (χ0) is 12.0. The van der Waals surface area contributed by atoms with E-state index in [0.29, 0.717) is 12.2 Å². The summed E-state index contributed by atoms with van der Waals surface area (Å²) >= 11 is 0. The first-order valence-corrected chi connectivity index (χ1v) is 5.27. The maximum atomic E-state index is 11.2. The van der Waals surface area contributed by atoms with Crippen molar-refractivity contribution in [3.8, 4) is 0 Å². The highest BCUT2D eigenvalue weighted by atomic mass is 16.5. The fourth-order valence-corrected chi connectivity index (χ4v) is 1.38. The van der Waals surface area contributed by atoms with Crippen LogP contribution >= 0.6 is 0 Å². The van der Waals surface area contributed by atoms with E-state index in [1.165, 1.54) is 0 Å². The summed E-state index contributed by atoms with van der Waals surface area (Å²) in [5.74, 6) is -1.07. The molecule has 1 aromatic rings. The number of benzene rings is 1. The number of hydrogen-bond acceptors (Lipinski definition) is 3. The Morgan fingerprint density at radius 2 is 2.06 bits per heavy atom. The molecule has 0 aliphatic heterocycles. The van der Waals surface area contributed by atoms with E-state index in [4.69, 9.17) is 10.5 Å². The standard InChI is InChI=1S/C12H17NO3/c1-2-8-16-9-12(13,11(14)15)10-6-4-3-5-7-10/h3-7H,2,8-9,13H2,1H3,(H,14,15). The largest absolute Gasteiger partial charge is 0.480 e. The zero-order valence-corrected chi connectivity index (χ0v) is 9.35. The summed E-state index contributed by atoms with van der Waals surface area (Å²) in [4.78, 5) is 11.2. The quantitative estimate of drug-likeness (QED) is 0.714. The second kappa shape index (κ2) is 5.63. The smallest absolute Gasteiger partial charge is 0.330 e. The number of nitrogens with two attached hydrogens (primary N) is 1. The van der Waals surface area contributed by atoms with Gasteiger partial charge in [0.15, 0.2) is 5.54 Å². The predicted octanol–water partition coefficient (Wildman–Crippen LogP) is 1.35. The van der Waals surface area contributed by atoms with Crippen LogP contribution in [0.2, 0.25) is 0 Å². The molecule has 88 valence electrons. The van der Waals surface area contributed by atoms with E-state index in [1.807, 2.05) is 13.0 Å². The van der Waals surface area contributed by atoms with Gasteiger partial charge in [-0.05, 0) is 12.0 Å². The van der Waals surface area contributed by atoms with Gasteiger partial charge in [-0.25, -0.2) is 4.79 Å². The normalized spacial score (nSPS) is 14.4. The monoisotopic (exact) mass is 223 g/mol. The van der Waals surface area contributed by atoms with Crippen LogP contribution in [0.3, 0.4) is 0 Å². The number of carbonyl (C=O) groups is 1. The fourth-order valence-electron chi connectivity index (χ4n) is 1.38. The Morgan fingerprint density at radius 1 is 1.44 bits per heavy atom. The second-order valence-electron chi connectivity index (χ2n) is 3.70. The summed E-state index contributed by atoms with van der Waals surface area (Å²) in [6, 6.07) is 8.74. The molecule has 1 rings (SSSR count). The van der Waals surface area contributed by atoms with Gasteiger partial charge in [-0.15, -0.1) is 0 Å². The molecule has 0 aliphatic rings.